The molecule has 0 saturated carbocycles. The van der Waals surface area contributed by atoms with Gasteiger partial charge in [-0.2, -0.15) is 0 Å². The van der Waals surface area contributed by atoms with Crippen LogP contribution in [-0.2, 0) is 20.6 Å². The lowest BCUT2D eigenvalue weighted by Gasteiger charge is -2.30. The van der Waals surface area contributed by atoms with Crippen LogP contribution in [0.3, 0.4) is 0 Å². The molecular weight excluding hydrogens is 419 g/mol. The first-order valence-corrected chi connectivity index (χ1v) is 11.4. The van der Waals surface area contributed by atoms with Gasteiger partial charge in [0.05, 0.1) is 5.75 Å². The van der Waals surface area contributed by atoms with Crippen LogP contribution in [0.4, 0.5) is 5.69 Å². The lowest BCUT2D eigenvalue weighted by atomic mass is 9.97. The lowest BCUT2D eigenvalue weighted by molar-refractivity contribution is -0.120. The van der Waals surface area contributed by atoms with E-state index in [4.69, 9.17) is 23.2 Å². The van der Waals surface area contributed by atoms with Gasteiger partial charge in [0.15, 0.2) is 0 Å². The molecule has 0 aromatic heterocycles. The van der Waals surface area contributed by atoms with Crippen molar-refractivity contribution < 1.29 is 13.2 Å². The molecule has 1 aliphatic rings. The maximum Gasteiger partial charge on any atom is 0.227 e. The van der Waals surface area contributed by atoms with Crippen molar-refractivity contribution in [2.24, 2.45) is 5.92 Å². The first kappa shape index (κ1) is 21.1. The van der Waals surface area contributed by atoms with Crippen LogP contribution in [0.2, 0.25) is 10.0 Å². The quantitative estimate of drug-likeness (QED) is 0.744. The molecule has 2 aromatic rings. The van der Waals surface area contributed by atoms with Gasteiger partial charge in [-0.25, -0.2) is 12.7 Å². The molecule has 28 heavy (non-hydrogen) atoms. The van der Waals surface area contributed by atoms with Gasteiger partial charge in [0.1, 0.15) is 0 Å². The molecule has 0 bridgehead atoms. The van der Waals surface area contributed by atoms with E-state index < -0.39 is 10.0 Å². The van der Waals surface area contributed by atoms with Crippen LogP contribution in [0.15, 0.2) is 42.5 Å². The maximum absolute atomic E-state index is 12.7. The van der Waals surface area contributed by atoms with Gasteiger partial charge in [-0.3, -0.25) is 4.79 Å². The Labute approximate surface area is 175 Å². The number of benzene rings is 2. The van der Waals surface area contributed by atoms with E-state index in [2.05, 4.69) is 5.32 Å². The van der Waals surface area contributed by atoms with E-state index in [9.17, 15) is 13.2 Å². The van der Waals surface area contributed by atoms with Gasteiger partial charge in [-0.05, 0) is 49.1 Å². The van der Waals surface area contributed by atoms with Crippen LogP contribution in [0.1, 0.15) is 24.0 Å². The van der Waals surface area contributed by atoms with Crippen molar-refractivity contribution in [3.63, 3.8) is 0 Å². The van der Waals surface area contributed by atoms with Crippen molar-refractivity contribution in [1.29, 1.82) is 0 Å². The van der Waals surface area contributed by atoms with E-state index in [0.717, 1.165) is 5.56 Å². The monoisotopic (exact) mass is 440 g/mol. The minimum atomic E-state index is -3.48. The largest absolute Gasteiger partial charge is 0.326 e. The van der Waals surface area contributed by atoms with Crippen molar-refractivity contribution in [2.75, 3.05) is 18.4 Å². The van der Waals surface area contributed by atoms with Crippen LogP contribution in [0.25, 0.3) is 0 Å². The molecule has 2 aromatic carbocycles. The first-order valence-electron chi connectivity index (χ1n) is 9.05. The standard InChI is InChI=1S/C20H22Cl2N2O3S/c1-14-17(21)7-4-8-19(14)23-20(25)15-9-11-24(12-10-15)28(26,27)13-16-5-2-3-6-18(16)22/h2-8,15H,9-13H2,1H3,(H,23,25). The second-order valence-electron chi connectivity index (χ2n) is 6.92. The molecular formula is C20H22Cl2N2O3S. The van der Waals surface area contributed by atoms with E-state index in [1.165, 1.54) is 4.31 Å². The second-order valence-corrected chi connectivity index (χ2v) is 9.71. The Balaban J connectivity index is 1.60. The van der Waals surface area contributed by atoms with Crippen molar-refractivity contribution in [3.05, 3.63) is 63.6 Å². The average Bonchev–Trinajstić information content (AvgIpc) is 2.67. The number of rotatable bonds is 5. The molecule has 1 amide bonds. The highest BCUT2D eigenvalue weighted by Gasteiger charge is 2.31. The number of nitrogens with one attached hydrogen (secondary N) is 1. The van der Waals surface area contributed by atoms with Gasteiger partial charge in [-0.15, -0.1) is 0 Å². The second kappa shape index (κ2) is 8.82. The number of nitrogens with zero attached hydrogens (tertiary/aromatic N) is 1. The summed E-state index contributed by atoms with van der Waals surface area (Å²) in [4.78, 5) is 12.6. The Morgan fingerprint density at radius 1 is 1.07 bits per heavy atom. The summed E-state index contributed by atoms with van der Waals surface area (Å²) in [6.45, 7) is 2.49. The topological polar surface area (TPSA) is 66.5 Å². The average molecular weight is 441 g/mol. The van der Waals surface area contributed by atoms with Crippen molar-refractivity contribution in [2.45, 2.75) is 25.5 Å². The fourth-order valence-corrected chi connectivity index (χ4v) is 5.33. The van der Waals surface area contributed by atoms with E-state index >= 15 is 0 Å². The maximum atomic E-state index is 12.7. The van der Waals surface area contributed by atoms with Crippen LogP contribution in [-0.4, -0.2) is 31.7 Å². The summed E-state index contributed by atoms with van der Waals surface area (Å²) in [5, 5.41) is 3.95. The molecule has 0 atom stereocenters. The Bertz CT molecular complexity index is 971. The minimum absolute atomic E-state index is 0.103. The molecule has 0 radical (unpaired) electrons. The van der Waals surface area contributed by atoms with Crippen molar-refractivity contribution in [1.82, 2.24) is 4.31 Å². The highest BCUT2D eigenvalue weighted by molar-refractivity contribution is 7.88. The van der Waals surface area contributed by atoms with E-state index in [0.29, 0.717) is 47.2 Å². The van der Waals surface area contributed by atoms with Crippen LogP contribution in [0, 0.1) is 12.8 Å². The predicted octanol–water partition coefficient (Wildman–Crippen LogP) is 4.48. The molecule has 5 nitrogen and oxygen atoms in total. The van der Waals surface area contributed by atoms with Gasteiger partial charge in [0, 0.05) is 34.7 Å². The van der Waals surface area contributed by atoms with Crippen molar-refractivity contribution in [3.8, 4) is 0 Å². The summed E-state index contributed by atoms with van der Waals surface area (Å²) in [7, 11) is -3.48. The highest BCUT2D eigenvalue weighted by atomic mass is 35.5. The summed E-state index contributed by atoms with van der Waals surface area (Å²) >= 11 is 12.2. The van der Waals surface area contributed by atoms with Crippen molar-refractivity contribution >= 4 is 44.8 Å². The van der Waals surface area contributed by atoms with Gasteiger partial charge in [0.25, 0.3) is 0 Å². The van der Waals surface area contributed by atoms with Crippen LogP contribution in [0.5, 0.6) is 0 Å². The normalized spacial score (nSPS) is 16.1. The molecule has 1 aliphatic heterocycles. The number of carbonyl (C=O) groups excluding carboxylic acids is 1. The van der Waals surface area contributed by atoms with Crippen LogP contribution < -0.4 is 5.32 Å². The summed E-state index contributed by atoms with van der Waals surface area (Å²) < 4.78 is 26.9. The third-order valence-electron chi connectivity index (χ3n) is 5.04. The highest BCUT2D eigenvalue weighted by Crippen LogP contribution is 2.27. The first-order chi connectivity index (χ1) is 13.3. The Morgan fingerprint density at radius 2 is 1.71 bits per heavy atom. The lowest BCUT2D eigenvalue weighted by Crippen LogP contribution is -2.42. The molecule has 1 fully saturated rings. The third-order valence-corrected chi connectivity index (χ3v) is 7.65. The fourth-order valence-electron chi connectivity index (χ4n) is 3.28. The smallest absolute Gasteiger partial charge is 0.227 e. The molecule has 8 heteroatoms. The zero-order valence-electron chi connectivity index (χ0n) is 15.5. The Hall–Kier alpha value is -1.60. The molecule has 0 aliphatic carbocycles. The van der Waals surface area contributed by atoms with Gasteiger partial charge < -0.3 is 5.32 Å². The third kappa shape index (κ3) is 4.87. The van der Waals surface area contributed by atoms with E-state index in [1.54, 1.807) is 36.4 Å². The zero-order valence-corrected chi connectivity index (χ0v) is 17.8. The molecule has 0 unspecified atom stereocenters. The predicted molar refractivity (Wildman–Crippen MR) is 113 cm³/mol. The zero-order chi connectivity index (χ0) is 20.3. The molecule has 1 heterocycles. The van der Waals surface area contributed by atoms with E-state index in [1.807, 2.05) is 13.0 Å². The summed E-state index contributed by atoms with van der Waals surface area (Å²) in [6, 6.07) is 12.3. The van der Waals surface area contributed by atoms with Gasteiger partial charge in [0.2, 0.25) is 15.9 Å². The summed E-state index contributed by atoms with van der Waals surface area (Å²) in [5.41, 5.74) is 2.09. The number of carbonyl (C=O) groups is 1. The molecule has 0 spiro atoms. The fraction of sp³-hybridized carbons (Fsp3) is 0.350. The summed E-state index contributed by atoms with van der Waals surface area (Å²) in [6.07, 6.45) is 0.959. The Morgan fingerprint density at radius 3 is 2.39 bits per heavy atom. The SMILES string of the molecule is Cc1c(Cl)cccc1NC(=O)C1CCN(S(=O)(=O)Cc2ccccc2Cl)CC1. The molecule has 150 valence electrons. The van der Waals surface area contributed by atoms with Crippen LogP contribution >= 0.6 is 23.2 Å². The number of anilines is 1. The van der Waals surface area contributed by atoms with Gasteiger partial charge >= 0.3 is 0 Å². The number of sulfonamides is 1. The number of amides is 1. The number of hydrogen-bond donors (Lipinski definition) is 1. The molecule has 1 N–H and O–H groups in total. The van der Waals surface area contributed by atoms with Gasteiger partial charge in [-0.1, -0.05) is 47.5 Å². The summed E-state index contributed by atoms with van der Waals surface area (Å²) in [5.74, 6) is -0.468. The number of piperidine rings is 1. The minimum Gasteiger partial charge on any atom is -0.326 e. The number of halogens is 2. The number of hydrogen-bond acceptors (Lipinski definition) is 3. The molecule has 3 rings (SSSR count). The van der Waals surface area contributed by atoms with E-state index in [-0.39, 0.29) is 17.6 Å². The Kier molecular flexibility index (Phi) is 6.65. The molecule has 1 saturated heterocycles.